The van der Waals surface area contributed by atoms with Crippen LogP contribution >= 0.6 is 11.6 Å². The Kier molecular flexibility index (Phi) is 3.76. The lowest BCUT2D eigenvalue weighted by Gasteiger charge is -2.27. The van der Waals surface area contributed by atoms with Crippen LogP contribution in [-0.4, -0.2) is 15.2 Å². The van der Waals surface area contributed by atoms with Gasteiger partial charge in [0.15, 0.2) is 0 Å². The van der Waals surface area contributed by atoms with Gasteiger partial charge in [-0.2, -0.15) is 5.10 Å². The van der Waals surface area contributed by atoms with Crippen molar-refractivity contribution >= 4 is 11.6 Å². The Morgan fingerprint density at radius 2 is 1.89 bits per heavy atom. The minimum absolute atomic E-state index is 0.00745. The molecule has 0 aliphatic heterocycles. The summed E-state index contributed by atoms with van der Waals surface area (Å²) in [5, 5.41) is 4.59. The smallest absolute Gasteiger partial charge is 0.0649 e. The molecule has 0 saturated carbocycles. The molecule has 18 heavy (non-hydrogen) atoms. The molecule has 1 aromatic heterocycles. The second-order valence-corrected chi connectivity index (χ2v) is 6.08. The molecule has 0 fully saturated rings. The highest BCUT2D eigenvalue weighted by atomic mass is 35.5. The molecule has 0 N–H and O–H groups in total. The van der Waals surface area contributed by atoms with E-state index in [1.165, 1.54) is 5.69 Å². The van der Waals surface area contributed by atoms with E-state index in [-0.39, 0.29) is 10.8 Å². The number of hydrogen-bond acceptors (Lipinski definition) is 1. The van der Waals surface area contributed by atoms with Crippen molar-refractivity contribution in [3.8, 4) is 5.69 Å². The molecule has 1 unspecified atom stereocenters. The van der Waals surface area contributed by atoms with Gasteiger partial charge in [0.25, 0.3) is 0 Å². The molecule has 2 aromatic rings. The summed E-state index contributed by atoms with van der Waals surface area (Å²) in [5.74, 6) is 0. The SMILES string of the molecule is CC(Cl)CC(C)(C)c1ccnn1-c1ccccc1. The number of halogens is 1. The first kappa shape index (κ1) is 13.2. The summed E-state index contributed by atoms with van der Waals surface area (Å²) in [4.78, 5) is 0. The molecule has 1 aromatic carbocycles. The molecule has 2 rings (SSSR count). The molecule has 2 nitrogen and oxygen atoms in total. The van der Waals surface area contributed by atoms with E-state index in [0.29, 0.717) is 0 Å². The van der Waals surface area contributed by atoms with E-state index in [1.807, 2.05) is 36.0 Å². The maximum atomic E-state index is 6.15. The highest BCUT2D eigenvalue weighted by molar-refractivity contribution is 6.20. The Balaban J connectivity index is 2.39. The van der Waals surface area contributed by atoms with Crippen LogP contribution < -0.4 is 0 Å². The first-order valence-electron chi connectivity index (χ1n) is 6.25. The molecule has 0 saturated heterocycles. The van der Waals surface area contributed by atoms with Crippen LogP contribution in [0.25, 0.3) is 5.69 Å². The van der Waals surface area contributed by atoms with Crippen molar-refractivity contribution in [3.63, 3.8) is 0 Å². The fourth-order valence-corrected chi connectivity index (χ4v) is 2.78. The lowest BCUT2D eigenvalue weighted by Crippen LogP contribution is -2.24. The summed E-state index contributed by atoms with van der Waals surface area (Å²) in [7, 11) is 0. The van der Waals surface area contributed by atoms with Gasteiger partial charge in [0.1, 0.15) is 0 Å². The summed E-state index contributed by atoms with van der Waals surface area (Å²) in [6.07, 6.45) is 2.77. The second kappa shape index (κ2) is 5.15. The van der Waals surface area contributed by atoms with E-state index in [1.54, 1.807) is 0 Å². The van der Waals surface area contributed by atoms with Crippen molar-refractivity contribution in [1.29, 1.82) is 0 Å². The molecule has 96 valence electrons. The molecule has 0 spiro atoms. The van der Waals surface area contributed by atoms with E-state index in [0.717, 1.165) is 12.1 Å². The van der Waals surface area contributed by atoms with Crippen molar-refractivity contribution in [2.45, 2.75) is 38.0 Å². The zero-order chi connectivity index (χ0) is 13.2. The molecule has 1 heterocycles. The lowest BCUT2D eigenvalue weighted by molar-refractivity contribution is 0.449. The minimum Gasteiger partial charge on any atom is -0.237 e. The number of alkyl halides is 1. The van der Waals surface area contributed by atoms with Gasteiger partial charge >= 0.3 is 0 Å². The number of hydrogen-bond donors (Lipinski definition) is 0. The van der Waals surface area contributed by atoms with Gasteiger partial charge in [-0.1, -0.05) is 32.0 Å². The maximum absolute atomic E-state index is 6.15. The monoisotopic (exact) mass is 262 g/mol. The molecule has 1 atom stereocenters. The summed E-state index contributed by atoms with van der Waals surface area (Å²) < 4.78 is 2.00. The van der Waals surface area contributed by atoms with Crippen LogP contribution in [0.5, 0.6) is 0 Å². The average Bonchev–Trinajstić information content (AvgIpc) is 2.78. The zero-order valence-electron chi connectivity index (χ0n) is 11.1. The first-order chi connectivity index (χ1) is 8.50. The van der Waals surface area contributed by atoms with Gasteiger partial charge in [0.05, 0.1) is 5.69 Å². The third-order valence-electron chi connectivity index (χ3n) is 3.13. The fraction of sp³-hybridized carbons (Fsp3) is 0.400. The number of benzene rings is 1. The summed E-state index contributed by atoms with van der Waals surface area (Å²) in [6, 6.07) is 12.3. The van der Waals surface area contributed by atoms with Crippen molar-refractivity contribution in [2.24, 2.45) is 0 Å². The standard InChI is InChI=1S/C15H19ClN2/c1-12(16)11-15(2,3)14-9-10-17-18(14)13-7-5-4-6-8-13/h4-10,12H,11H2,1-3H3. The van der Waals surface area contributed by atoms with Crippen molar-refractivity contribution in [2.75, 3.05) is 0 Å². The van der Waals surface area contributed by atoms with Gasteiger partial charge < -0.3 is 0 Å². The molecule has 0 amide bonds. The van der Waals surface area contributed by atoms with E-state index in [4.69, 9.17) is 11.6 Å². The van der Waals surface area contributed by atoms with Crippen LogP contribution in [0.15, 0.2) is 42.6 Å². The number of nitrogens with zero attached hydrogens (tertiary/aromatic N) is 2. The molecule has 0 aliphatic rings. The van der Waals surface area contributed by atoms with E-state index < -0.39 is 0 Å². The van der Waals surface area contributed by atoms with Crippen molar-refractivity contribution in [1.82, 2.24) is 9.78 Å². The van der Waals surface area contributed by atoms with Crippen LogP contribution in [0.1, 0.15) is 32.9 Å². The molecule has 0 aliphatic carbocycles. The van der Waals surface area contributed by atoms with Gasteiger partial charge in [-0.05, 0) is 31.5 Å². The molecular weight excluding hydrogens is 244 g/mol. The number of rotatable bonds is 4. The normalized spacial score (nSPS) is 13.6. The Morgan fingerprint density at radius 3 is 2.50 bits per heavy atom. The van der Waals surface area contributed by atoms with Gasteiger partial charge in [-0.3, -0.25) is 0 Å². The quantitative estimate of drug-likeness (QED) is 0.757. The average molecular weight is 263 g/mol. The minimum atomic E-state index is 0.00745. The van der Waals surface area contributed by atoms with Crippen LogP contribution in [-0.2, 0) is 5.41 Å². The molecule has 0 radical (unpaired) electrons. The Morgan fingerprint density at radius 1 is 1.22 bits per heavy atom. The van der Waals surface area contributed by atoms with Crippen LogP contribution in [0, 0.1) is 0 Å². The van der Waals surface area contributed by atoms with Crippen molar-refractivity contribution < 1.29 is 0 Å². The van der Waals surface area contributed by atoms with Crippen LogP contribution in [0.2, 0.25) is 0 Å². The topological polar surface area (TPSA) is 17.8 Å². The second-order valence-electron chi connectivity index (χ2n) is 5.33. The maximum Gasteiger partial charge on any atom is 0.0649 e. The number of aromatic nitrogens is 2. The van der Waals surface area contributed by atoms with Gasteiger partial charge in [0.2, 0.25) is 0 Å². The van der Waals surface area contributed by atoms with E-state index in [9.17, 15) is 0 Å². The Bertz CT molecular complexity index is 500. The predicted molar refractivity (Wildman–Crippen MR) is 76.5 cm³/mol. The molecule has 3 heteroatoms. The third-order valence-corrected chi connectivity index (χ3v) is 3.28. The third kappa shape index (κ3) is 2.75. The molecule has 0 bridgehead atoms. The Hall–Kier alpha value is -1.28. The van der Waals surface area contributed by atoms with Gasteiger partial charge in [0, 0.05) is 22.7 Å². The van der Waals surface area contributed by atoms with Crippen molar-refractivity contribution in [3.05, 3.63) is 48.3 Å². The highest BCUT2D eigenvalue weighted by Gasteiger charge is 2.26. The summed E-state index contributed by atoms with van der Waals surface area (Å²) in [5.41, 5.74) is 2.29. The fourth-order valence-electron chi connectivity index (χ4n) is 2.40. The lowest BCUT2D eigenvalue weighted by atomic mass is 9.84. The van der Waals surface area contributed by atoms with E-state index in [2.05, 4.69) is 37.1 Å². The highest BCUT2D eigenvalue weighted by Crippen LogP contribution is 2.31. The predicted octanol–water partition coefficient (Wildman–Crippen LogP) is 4.17. The molecular formula is C15H19ClN2. The first-order valence-corrected chi connectivity index (χ1v) is 6.68. The largest absolute Gasteiger partial charge is 0.237 e. The van der Waals surface area contributed by atoms with Crippen LogP contribution in [0.3, 0.4) is 0 Å². The summed E-state index contributed by atoms with van der Waals surface area (Å²) >= 11 is 6.15. The summed E-state index contributed by atoms with van der Waals surface area (Å²) in [6.45, 7) is 6.46. The Labute approximate surface area is 114 Å². The van der Waals surface area contributed by atoms with Gasteiger partial charge in [-0.15, -0.1) is 11.6 Å². The zero-order valence-corrected chi connectivity index (χ0v) is 11.9. The van der Waals surface area contributed by atoms with E-state index >= 15 is 0 Å². The van der Waals surface area contributed by atoms with Crippen LogP contribution in [0.4, 0.5) is 0 Å². The number of para-hydroxylation sites is 1. The van der Waals surface area contributed by atoms with Gasteiger partial charge in [-0.25, -0.2) is 4.68 Å².